The highest BCUT2D eigenvalue weighted by Gasteiger charge is 2.27. The van der Waals surface area contributed by atoms with Crippen LogP contribution in [0.5, 0.6) is 0 Å². The summed E-state index contributed by atoms with van der Waals surface area (Å²) in [7, 11) is 0. The minimum Gasteiger partial charge on any atom is -0.294 e. The van der Waals surface area contributed by atoms with Gasteiger partial charge in [-0.15, -0.1) is 21.5 Å². The maximum atomic E-state index is 13.6. The van der Waals surface area contributed by atoms with Gasteiger partial charge in [0.15, 0.2) is 5.16 Å². The average Bonchev–Trinajstić information content (AvgIpc) is 3.46. The molecule has 0 aliphatic carbocycles. The predicted molar refractivity (Wildman–Crippen MR) is 144 cm³/mol. The Morgan fingerprint density at radius 1 is 1.09 bits per heavy atom. The average molecular weight is 522 g/mol. The second kappa shape index (κ2) is 9.43. The molecule has 178 valence electrons. The summed E-state index contributed by atoms with van der Waals surface area (Å²) < 4.78 is 3.82. The molecule has 0 bridgehead atoms. The molecule has 6 nitrogen and oxygen atoms in total. The summed E-state index contributed by atoms with van der Waals surface area (Å²) in [6, 6.07) is 18.4. The van der Waals surface area contributed by atoms with Crippen LogP contribution in [0.25, 0.3) is 16.0 Å². The zero-order chi connectivity index (χ0) is 23.9. The number of rotatable bonds is 6. The lowest BCUT2D eigenvalue weighted by Gasteiger charge is -2.26. The van der Waals surface area contributed by atoms with Crippen molar-refractivity contribution in [2.75, 3.05) is 6.54 Å². The molecular formula is C26H24ClN5OS2. The Morgan fingerprint density at radius 2 is 1.89 bits per heavy atom. The van der Waals surface area contributed by atoms with Crippen LogP contribution in [0.1, 0.15) is 28.5 Å². The van der Waals surface area contributed by atoms with E-state index in [1.54, 1.807) is 27.7 Å². The largest absolute Gasteiger partial charge is 0.294 e. The SMILES string of the molecule is CCn1c(=O)c2c3c(sc2n2c(SCc4ccccc4Cl)nnc12)CN(Cc1ccccc1)CC3. The lowest BCUT2D eigenvalue weighted by atomic mass is 10.0. The van der Waals surface area contributed by atoms with Gasteiger partial charge in [0.1, 0.15) is 4.83 Å². The fraction of sp³-hybridized carbons (Fsp3) is 0.269. The van der Waals surface area contributed by atoms with Crippen LogP contribution in [0.3, 0.4) is 0 Å². The van der Waals surface area contributed by atoms with E-state index in [9.17, 15) is 4.79 Å². The van der Waals surface area contributed by atoms with Crippen LogP contribution in [0.4, 0.5) is 0 Å². The summed E-state index contributed by atoms with van der Waals surface area (Å²) in [5.41, 5.74) is 3.60. The van der Waals surface area contributed by atoms with E-state index < -0.39 is 0 Å². The van der Waals surface area contributed by atoms with Gasteiger partial charge in [0.05, 0.1) is 5.39 Å². The fourth-order valence-corrected chi connectivity index (χ4v) is 7.43. The summed E-state index contributed by atoms with van der Waals surface area (Å²) in [6.45, 7) is 5.23. The van der Waals surface area contributed by atoms with E-state index in [0.717, 1.165) is 52.0 Å². The first-order chi connectivity index (χ1) is 17.1. The molecule has 0 saturated heterocycles. The predicted octanol–water partition coefficient (Wildman–Crippen LogP) is 5.63. The monoisotopic (exact) mass is 521 g/mol. The minimum absolute atomic E-state index is 0.0408. The van der Waals surface area contributed by atoms with Crippen LogP contribution in [0.2, 0.25) is 5.02 Å². The van der Waals surface area contributed by atoms with Gasteiger partial charge in [0.2, 0.25) is 5.78 Å². The van der Waals surface area contributed by atoms with Gasteiger partial charge in [-0.25, -0.2) is 4.40 Å². The first-order valence-electron chi connectivity index (χ1n) is 11.7. The third-order valence-corrected chi connectivity index (χ3v) is 9.07. The highest BCUT2D eigenvalue weighted by Crippen LogP contribution is 2.36. The van der Waals surface area contributed by atoms with Crippen molar-refractivity contribution < 1.29 is 0 Å². The molecule has 0 N–H and O–H groups in total. The van der Waals surface area contributed by atoms with Crippen LogP contribution < -0.4 is 5.56 Å². The van der Waals surface area contributed by atoms with Crippen molar-refractivity contribution in [2.24, 2.45) is 0 Å². The molecule has 9 heteroatoms. The first kappa shape index (κ1) is 22.8. The van der Waals surface area contributed by atoms with Gasteiger partial charge in [0, 0.05) is 41.8 Å². The number of thiophene rings is 1. The van der Waals surface area contributed by atoms with E-state index in [2.05, 4.69) is 43.8 Å². The van der Waals surface area contributed by atoms with Crippen molar-refractivity contribution in [3.8, 4) is 0 Å². The van der Waals surface area contributed by atoms with E-state index in [0.29, 0.717) is 18.1 Å². The molecule has 1 aliphatic rings. The normalized spacial score (nSPS) is 14.1. The van der Waals surface area contributed by atoms with E-state index in [1.165, 1.54) is 16.0 Å². The van der Waals surface area contributed by atoms with Crippen molar-refractivity contribution >= 4 is 50.7 Å². The Balaban J connectivity index is 1.42. The maximum absolute atomic E-state index is 13.6. The van der Waals surface area contributed by atoms with E-state index >= 15 is 0 Å². The molecule has 0 spiro atoms. The molecule has 35 heavy (non-hydrogen) atoms. The third-order valence-electron chi connectivity index (χ3n) is 6.52. The van der Waals surface area contributed by atoms with Gasteiger partial charge in [-0.2, -0.15) is 0 Å². The number of halogens is 1. The molecule has 0 saturated carbocycles. The first-order valence-corrected chi connectivity index (χ1v) is 13.9. The fourth-order valence-electron chi connectivity index (χ4n) is 4.77. The van der Waals surface area contributed by atoms with Crippen LogP contribution in [-0.4, -0.2) is 30.6 Å². The van der Waals surface area contributed by atoms with Gasteiger partial charge >= 0.3 is 0 Å². The van der Waals surface area contributed by atoms with Crippen molar-refractivity contribution in [3.05, 3.63) is 91.5 Å². The summed E-state index contributed by atoms with van der Waals surface area (Å²) in [6.07, 6.45) is 0.872. The van der Waals surface area contributed by atoms with Crippen LogP contribution >= 0.6 is 34.7 Å². The number of benzene rings is 2. The van der Waals surface area contributed by atoms with Gasteiger partial charge in [-0.3, -0.25) is 14.3 Å². The molecule has 0 amide bonds. The zero-order valence-electron chi connectivity index (χ0n) is 19.3. The minimum atomic E-state index is 0.0408. The van der Waals surface area contributed by atoms with E-state index in [-0.39, 0.29) is 5.56 Å². The quantitative estimate of drug-likeness (QED) is 0.271. The molecule has 0 fully saturated rings. The molecule has 0 atom stereocenters. The van der Waals surface area contributed by atoms with Crippen molar-refractivity contribution in [2.45, 2.75) is 43.9 Å². The number of fused-ring (bicyclic) bond motifs is 5. The second-order valence-electron chi connectivity index (χ2n) is 8.68. The Morgan fingerprint density at radius 3 is 2.69 bits per heavy atom. The number of aryl methyl sites for hydroxylation is 1. The molecule has 4 heterocycles. The maximum Gasteiger partial charge on any atom is 0.263 e. The lowest BCUT2D eigenvalue weighted by molar-refractivity contribution is 0.249. The smallest absolute Gasteiger partial charge is 0.263 e. The lowest BCUT2D eigenvalue weighted by Crippen LogP contribution is -2.30. The van der Waals surface area contributed by atoms with Gasteiger partial charge in [-0.05, 0) is 36.1 Å². The zero-order valence-corrected chi connectivity index (χ0v) is 21.7. The Bertz CT molecular complexity index is 1590. The standard InChI is InChI=1S/C26H24ClN5OS2/c1-2-31-23(33)22-19-12-13-30(14-17-8-4-3-5-9-17)15-21(19)35-24(22)32-25(31)28-29-26(32)34-16-18-10-6-7-11-20(18)27/h3-11H,2,12-16H2,1H3. The third kappa shape index (κ3) is 4.08. The molecule has 1 aliphatic heterocycles. The highest BCUT2D eigenvalue weighted by atomic mass is 35.5. The van der Waals surface area contributed by atoms with E-state index in [4.69, 9.17) is 11.6 Å². The number of aromatic nitrogens is 4. The van der Waals surface area contributed by atoms with Crippen molar-refractivity contribution in [1.29, 1.82) is 0 Å². The summed E-state index contributed by atoms with van der Waals surface area (Å²) >= 11 is 9.69. The summed E-state index contributed by atoms with van der Waals surface area (Å²) in [5, 5.41) is 11.3. The molecular weight excluding hydrogens is 498 g/mol. The van der Waals surface area contributed by atoms with Crippen LogP contribution in [0, 0.1) is 0 Å². The number of thioether (sulfide) groups is 1. The Hall–Kier alpha value is -2.65. The molecule has 6 rings (SSSR count). The molecule has 0 unspecified atom stereocenters. The van der Waals surface area contributed by atoms with Gasteiger partial charge in [0.25, 0.3) is 5.56 Å². The number of nitrogens with zero attached hydrogens (tertiary/aromatic N) is 5. The van der Waals surface area contributed by atoms with E-state index in [1.807, 2.05) is 37.3 Å². The second-order valence-corrected chi connectivity index (χ2v) is 11.1. The number of hydrogen-bond acceptors (Lipinski definition) is 6. The van der Waals surface area contributed by atoms with Gasteiger partial charge < -0.3 is 0 Å². The molecule has 2 aromatic carbocycles. The van der Waals surface area contributed by atoms with Crippen LogP contribution in [0.15, 0.2) is 64.5 Å². The van der Waals surface area contributed by atoms with Crippen molar-refractivity contribution in [3.63, 3.8) is 0 Å². The highest BCUT2D eigenvalue weighted by molar-refractivity contribution is 7.98. The molecule has 0 radical (unpaired) electrons. The summed E-state index contributed by atoms with van der Waals surface area (Å²) in [4.78, 5) is 18.2. The van der Waals surface area contributed by atoms with Gasteiger partial charge in [-0.1, -0.05) is 71.9 Å². The Kier molecular flexibility index (Phi) is 6.14. The van der Waals surface area contributed by atoms with Crippen LogP contribution in [-0.2, 0) is 31.8 Å². The summed E-state index contributed by atoms with van der Waals surface area (Å²) in [5.74, 6) is 1.29. The topological polar surface area (TPSA) is 55.4 Å². The number of hydrogen-bond donors (Lipinski definition) is 0. The Labute approximate surface area is 216 Å². The van der Waals surface area contributed by atoms with Crippen molar-refractivity contribution in [1.82, 2.24) is 24.1 Å². The molecule has 3 aromatic heterocycles. The molecule has 5 aromatic rings.